The molecule has 1 atom stereocenters. The number of ether oxygens (including phenoxy) is 1. The largest absolute Gasteiger partial charge is 0.336 e. The molecule has 0 aliphatic carbocycles. The molecule has 0 N–H and O–H groups in total. The van der Waals surface area contributed by atoms with Crippen molar-refractivity contribution in [2.24, 2.45) is 0 Å². The lowest BCUT2D eigenvalue weighted by molar-refractivity contribution is -0.204. The zero-order valence-electron chi connectivity index (χ0n) is 13.9. The molecule has 1 unspecified atom stereocenters. The van der Waals surface area contributed by atoms with Crippen LogP contribution in [-0.2, 0) is 21.0 Å². The summed E-state index contributed by atoms with van der Waals surface area (Å²) in [7, 11) is 0. The Bertz CT molecular complexity index is 710. The third-order valence-electron chi connectivity index (χ3n) is 3.83. The van der Waals surface area contributed by atoms with E-state index in [0.717, 1.165) is 11.1 Å². The Labute approximate surface area is 142 Å². The number of hydrogen-bond donors (Lipinski definition) is 0. The molecule has 1 fully saturated rings. The molecular formula is C20H21NO3. The van der Waals surface area contributed by atoms with Crippen LogP contribution < -0.4 is 0 Å². The molecule has 3 rings (SSSR count). The Morgan fingerprint density at radius 1 is 1.08 bits per heavy atom. The number of carbonyl (C=O) groups is 1. The van der Waals surface area contributed by atoms with E-state index in [2.05, 4.69) is 0 Å². The van der Waals surface area contributed by atoms with Crippen LogP contribution in [0.3, 0.4) is 0 Å². The Balaban J connectivity index is 1.73. The summed E-state index contributed by atoms with van der Waals surface area (Å²) in [6.07, 6.45) is 3.22. The average Bonchev–Trinajstić information content (AvgIpc) is 2.82. The first-order valence-corrected chi connectivity index (χ1v) is 7.98. The van der Waals surface area contributed by atoms with Gasteiger partial charge in [-0.1, -0.05) is 66.7 Å². The molecule has 1 aliphatic heterocycles. The van der Waals surface area contributed by atoms with E-state index in [1.807, 2.05) is 72.8 Å². The number of hydrogen-bond acceptors (Lipinski definition) is 3. The van der Waals surface area contributed by atoms with E-state index in [1.165, 1.54) is 5.06 Å². The van der Waals surface area contributed by atoms with Crippen molar-refractivity contribution in [1.82, 2.24) is 5.06 Å². The van der Waals surface area contributed by atoms with Gasteiger partial charge in [-0.2, -0.15) is 5.06 Å². The van der Waals surface area contributed by atoms with E-state index in [1.54, 1.807) is 13.8 Å². The first-order valence-electron chi connectivity index (χ1n) is 7.98. The van der Waals surface area contributed by atoms with E-state index in [4.69, 9.17) is 9.57 Å². The molecule has 0 bridgehead atoms. The van der Waals surface area contributed by atoms with Crippen molar-refractivity contribution in [2.45, 2.75) is 32.3 Å². The highest BCUT2D eigenvalue weighted by atomic mass is 16.7. The van der Waals surface area contributed by atoms with Gasteiger partial charge in [-0.05, 0) is 31.1 Å². The van der Waals surface area contributed by atoms with E-state index in [9.17, 15) is 4.79 Å². The number of hydroxylamine groups is 2. The van der Waals surface area contributed by atoms with Crippen molar-refractivity contribution in [3.8, 4) is 0 Å². The summed E-state index contributed by atoms with van der Waals surface area (Å²) >= 11 is 0. The molecule has 4 nitrogen and oxygen atoms in total. The van der Waals surface area contributed by atoms with Crippen LogP contribution in [0, 0.1) is 0 Å². The quantitative estimate of drug-likeness (QED) is 0.840. The maximum atomic E-state index is 12.5. The number of amides is 1. The predicted molar refractivity (Wildman–Crippen MR) is 92.5 cm³/mol. The normalized spacial score (nSPS) is 20.0. The van der Waals surface area contributed by atoms with Gasteiger partial charge < -0.3 is 4.74 Å². The fraction of sp³-hybridized carbons (Fsp3) is 0.250. The minimum absolute atomic E-state index is 0.179. The summed E-state index contributed by atoms with van der Waals surface area (Å²) in [6, 6.07) is 19.6. The SMILES string of the molecule is CC1(C)OC(/C=C/c2ccccc2)N(OCc2ccccc2)C1=O. The van der Waals surface area contributed by atoms with E-state index in [-0.39, 0.29) is 5.91 Å². The van der Waals surface area contributed by atoms with Crippen LogP contribution in [0.25, 0.3) is 6.08 Å². The van der Waals surface area contributed by atoms with Gasteiger partial charge in [-0.25, -0.2) is 0 Å². The van der Waals surface area contributed by atoms with Gasteiger partial charge in [0.15, 0.2) is 6.23 Å². The maximum absolute atomic E-state index is 12.5. The number of benzene rings is 2. The standard InChI is InChI=1S/C20H21NO3/c1-20(2)19(22)21(23-15-17-11-7-4-8-12-17)18(24-20)14-13-16-9-5-3-6-10-16/h3-14,18H,15H2,1-2H3/b14-13+. The van der Waals surface area contributed by atoms with Crippen LogP contribution in [0.5, 0.6) is 0 Å². The minimum atomic E-state index is -0.900. The van der Waals surface area contributed by atoms with Crippen molar-refractivity contribution >= 4 is 12.0 Å². The van der Waals surface area contributed by atoms with Gasteiger partial charge in [-0.15, -0.1) is 0 Å². The second kappa shape index (κ2) is 6.99. The smallest absolute Gasteiger partial charge is 0.280 e. The molecule has 0 spiro atoms. The molecule has 1 saturated heterocycles. The highest BCUT2D eigenvalue weighted by molar-refractivity contribution is 5.85. The summed E-state index contributed by atoms with van der Waals surface area (Å²) in [5.74, 6) is -0.179. The minimum Gasteiger partial charge on any atom is -0.336 e. The summed E-state index contributed by atoms with van der Waals surface area (Å²) in [4.78, 5) is 18.3. The molecular weight excluding hydrogens is 302 g/mol. The van der Waals surface area contributed by atoms with Crippen LogP contribution >= 0.6 is 0 Å². The van der Waals surface area contributed by atoms with Crippen molar-refractivity contribution < 1.29 is 14.4 Å². The van der Waals surface area contributed by atoms with Crippen LogP contribution in [0.4, 0.5) is 0 Å². The van der Waals surface area contributed by atoms with E-state index >= 15 is 0 Å². The molecule has 0 saturated carbocycles. The Hall–Kier alpha value is -2.43. The number of rotatable bonds is 5. The summed E-state index contributed by atoms with van der Waals surface area (Å²) in [5, 5.41) is 1.33. The lowest BCUT2D eigenvalue weighted by atomic mass is 10.1. The van der Waals surface area contributed by atoms with Crippen molar-refractivity contribution in [3.05, 3.63) is 77.9 Å². The van der Waals surface area contributed by atoms with Gasteiger partial charge in [0.25, 0.3) is 5.91 Å². The highest BCUT2D eigenvalue weighted by Crippen LogP contribution is 2.29. The van der Waals surface area contributed by atoms with Crippen LogP contribution in [-0.4, -0.2) is 22.8 Å². The first-order chi connectivity index (χ1) is 11.6. The van der Waals surface area contributed by atoms with Crippen molar-refractivity contribution in [1.29, 1.82) is 0 Å². The first kappa shape index (κ1) is 16.4. The molecule has 4 heteroatoms. The van der Waals surface area contributed by atoms with E-state index in [0.29, 0.717) is 6.61 Å². The van der Waals surface area contributed by atoms with Crippen LogP contribution in [0.1, 0.15) is 25.0 Å². The fourth-order valence-corrected chi connectivity index (χ4v) is 2.51. The molecule has 1 heterocycles. The zero-order valence-corrected chi connectivity index (χ0v) is 13.9. The second-order valence-corrected chi connectivity index (χ2v) is 6.18. The van der Waals surface area contributed by atoms with Crippen molar-refractivity contribution in [3.63, 3.8) is 0 Å². The third kappa shape index (κ3) is 3.72. The van der Waals surface area contributed by atoms with Gasteiger partial charge in [-0.3, -0.25) is 9.63 Å². The maximum Gasteiger partial charge on any atom is 0.280 e. The molecule has 0 radical (unpaired) electrons. The molecule has 2 aromatic rings. The van der Waals surface area contributed by atoms with Crippen LogP contribution in [0.2, 0.25) is 0 Å². The zero-order chi connectivity index (χ0) is 17.0. The molecule has 1 amide bonds. The van der Waals surface area contributed by atoms with Gasteiger partial charge in [0.1, 0.15) is 12.2 Å². The average molecular weight is 323 g/mol. The van der Waals surface area contributed by atoms with E-state index < -0.39 is 11.8 Å². The number of nitrogens with zero attached hydrogens (tertiary/aromatic N) is 1. The van der Waals surface area contributed by atoms with Gasteiger partial charge >= 0.3 is 0 Å². The lowest BCUT2D eigenvalue weighted by Gasteiger charge is -2.19. The summed E-state index contributed by atoms with van der Waals surface area (Å²) < 4.78 is 5.85. The molecule has 1 aliphatic rings. The summed E-state index contributed by atoms with van der Waals surface area (Å²) in [5.41, 5.74) is 1.14. The predicted octanol–water partition coefficient (Wildman–Crippen LogP) is 3.80. The summed E-state index contributed by atoms with van der Waals surface area (Å²) in [6.45, 7) is 3.83. The van der Waals surface area contributed by atoms with Crippen LogP contribution in [0.15, 0.2) is 66.7 Å². The van der Waals surface area contributed by atoms with Gasteiger partial charge in [0.05, 0.1) is 0 Å². The lowest BCUT2D eigenvalue weighted by Crippen LogP contribution is -2.37. The third-order valence-corrected chi connectivity index (χ3v) is 3.83. The Morgan fingerprint density at radius 2 is 1.71 bits per heavy atom. The van der Waals surface area contributed by atoms with Gasteiger partial charge in [0, 0.05) is 0 Å². The Kier molecular flexibility index (Phi) is 4.79. The molecule has 24 heavy (non-hydrogen) atoms. The van der Waals surface area contributed by atoms with Gasteiger partial charge in [0.2, 0.25) is 0 Å². The Morgan fingerprint density at radius 3 is 2.38 bits per heavy atom. The monoisotopic (exact) mass is 323 g/mol. The number of carbonyl (C=O) groups excluding carboxylic acids is 1. The van der Waals surface area contributed by atoms with Crippen molar-refractivity contribution in [2.75, 3.05) is 0 Å². The molecule has 2 aromatic carbocycles. The topological polar surface area (TPSA) is 38.8 Å². The highest BCUT2D eigenvalue weighted by Gasteiger charge is 2.46. The molecule has 124 valence electrons. The molecule has 0 aromatic heterocycles. The fourth-order valence-electron chi connectivity index (χ4n) is 2.51. The second-order valence-electron chi connectivity index (χ2n) is 6.18.